The van der Waals surface area contributed by atoms with Crippen LogP contribution in [0.25, 0.3) is 0 Å². The van der Waals surface area contributed by atoms with Crippen molar-refractivity contribution in [3.63, 3.8) is 0 Å². The van der Waals surface area contributed by atoms with Crippen LogP contribution >= 0.6 is 0 Å². The third kappa shape index (κ3) is 6.35. The van der Waals surface area contributed by atoms with Crippen molar-refractivity contribution in [1.29, 1.82) is 0 Å². The normalized spacial score (nSPS) is 23.6. The molecule has 0 saturated carbocycles. The minimum Gasteiger partial charge on any atom is -0.379 e. The van der Waals surface area contributed by atoms with Gasteiger partial charge < -0.3 is 14.5 Å². The second kappa shape index (κ2) is 8.21. The summed E-state index contributed by atoms with van der Waals surface area (Å²) in [6.45, 7) is 6.66. The van der Waals surface area contributed by atoms with Gasteiger partial charge in [-0.25, -0.2) is 0 Å². The second-order valence-electron chi connectivity index (χ2n) is 3.93. The second-order valence-corrected chi connectivity index (χ2v) is 3.93. The Labute approximate surface area is 89.0 Å². The van der Waals surface area contributed by atoms with Gasteiger partial charge in [0.15, 0.2) is 0 Å². The number of rotatable bonds is 0. The minimum absolute atomic E-state index is 0. The van der Waals surface area contributed by atoms with Crippen LogP contribution in [0.5, 0.6) is 0 Å². The van der Waals surface area contributed by atoms with E-state index < -0.39 is 0 Å². The highest BCUT2D eigenvalue weighted by Crippen LogP contribution is 2.02. The molecule has 0 aromatic heterocycles. The highest BCUT2D eigenvalue weighted by Gasteiger charge is 2.03. The Morgan fingerprint density at radius 1 is 0.786 bits per heavy atom. The molecule has 0 atom stereocenters. The Morgan fingerprint density at radius 3 is 1.43 bits per heavy atom. The minimum atomic E-state index is 0. The van der Waals surface area contributed by atoms with Crippen molar-refractivity contribution in [2.45, 2.75) is 20.3 Å². The smallest absolute Gasteiger partial charge is 0.0594 e. The quantitative estimate of drug-likeness (QED) is 0.589. The highest BCUT2D eigenvalue weighted by atomic mass is 16.5. The number of likely N-dealkylation sites (N-methyl/N-ethyl adjacent to an activating group) is 1. The summed E-state index contributed by atoms with van der Waals surface area (Å²) in [5.74, 6) is 0. The van der Waals surface area contributed by atoms with Gasteiger partial charge in [0.2, 0.25) is 0 Å². The van der Waals surface area contributed by atoms with E-state index in [-0.39, 0.29) is 7.43 Å². The number of hydrogen-bond acceptors (Lipinski definition) is 3. The number of morpholine rings is 1. The Bertz CT molecular complexity index is 118. The number of nitrogens with zero attached hydrogens (tertiary/aromatic N) is 2. The van der Waals surface area contributed by atoms with Crippen LogP contribution < -0.4 is 0 Å². The Balaban J connectivity index is 0.000000227. The third-order valence-corrected chi connectivity index (χ3v) is 2.56. The van der Waals surface area contributed by atoms with Crippen molar-refractivity contribution in [1.82, 2.24) is 9.80 Å². The van der Waals surface area contributed by atoms with Gasteiger partial charge in [-0.2, -0.15) is 0 Å². The standard InChI is InChI=1S/C5H11NO.C5H11N.CH4/c1-6-2-4-7-5-3-6;1-6-4-2-3-5-6;/h2-5H2,1H3;2-5H2,1H3;1H4. The fraction of sp³-hybridized carbons (Fsp3) is 1.00. The maximum absolute atomic E-state index is 5.10. The van der Waals surface area contributed by atoms with E-state index in [1.54, 1.807) is 0 Å². The van der Waals surface area contributed by atoms with Gasteiger partial charge in [-0.1, -0.05) is 7.43 Å². The van der Waals surface area contributed by atoms with Gasteiger partial charge in [0.1, 0.15) is 0 Å². The van der Waals surface area contributed by atoms with E-state index in [1.807, 2.05) is 0 Å². The first-order chi connectivity index (χ1) is 6.29. The lowest BCUT2D eigenvalue weighted by molar-refractivity contribution is 0.0503. The molecule has 0 radical (unpaired) electrons. The third-order valence-electron chi connectivity index (χ3n) is 2.56. The van der Waals surface area contributed by atoms with Crippen LogP contribution in [0.4, 0.5) is 0 Å². The van der Waals surface area contributed by atoms with Crippen LogP contribution in [0.15, 0.2) is 0 Å². The molecule has 0 bridgehead atoms. The summed E-state index contributed by atoms with van der Waals surface area (Å²) >= 11 is 0. The molecule has 86 valence electrons. The van der Waals surface area contributed by atoms with Crippen molar-refractivity contribution < 1.29 is 4.74 Å². The van der Waals surface area contributed by atoms with Gasteiger partial charge >= 0.3 is 0 Å². The zero-order valence-electron chi connectivity index (χ0n) is 8.96. The molecule has 0 N–H and O–H groups in total. The van der Waals surface area contributed by atoms with E-state index in [0.717, 1.165) is 26.3 Å². The lowest BCUT2D eigenvalue weighted by Crippen LogP contribution is -2.32. The topological polar surface area (TPSA) is 15.7 Å². The van der Waals surface area contributed by atoms with E-state index in [2.05, 4.69) is 23.9 Å². The molecule has 0 aliphatic carbocycles. The molecular formula is C11H26N2O. The molecule has 14 heavy (non-hydrogen) atoms. The zero-order chi connectivity index (χ0) is 9.52. The molecule has 2 saturated heterocycles. The van der Waals surface area contributed by atoms with Gasteiger partial charge in [-0.3, -0.25) is 0 Å². The Hall–Kier alpha value is -0.120. The molecule has 2 aliphatic heterocycles. The van der Waals surface area contributed by atoms with Crippen LogP contribution in [-0.4, -0.2) is 63.3 Å². The zero-order valence-corrected chi connectivity index (χ0v) is 8.96. The summed E-state index contributed by atoms with van der Waals surface area (Å²) < 4.78 is 5.10. The van der Waals surface area contributed by atoms with Crippen LogP contribution in [-0.2, 0) is 4.74 Å². The lowest BCUT2D eigenvalue weighted by atomic mass is 10.4. The number of ether oxygens (including phenoxy) is 1. The van der Waals surface area contributed by atoms with Gasteiger partial charge in [0, 0.05) is 13.1 Å². The molecule has 2 aliphatic rings. The van der Waals surface area contributed by atoms with E-state index in [9.17, 15) is 0 Å². The average Bonchev–Trinajstić information content (AvgIpc) is 2.58. The predicted molar refractivity (Wildman–Crippen MR) is 61.8 cm³/mol. The number of likely N-dealkylation sites (tertiary alicyclic amines) is 1. The molecule has 2 rings (SSSR count). The number of hydrogen-bond donors (Lipinski definition) is 0. The molecule has 0 aromatic carbocycles. The summed E-state index contributed by atoms with van der Waals surface area (Å²) in [5.41, 5.74) is 0. The van der Waals surface area contributed by atoms with Gasteiger partial charge in [0.05, 0.1) is 13.2 Å². The fourth-order valence-corrected chi connectivity index (χ4v) is 1.53. The first-order valence-electron chi connectivity index (χ1n) is 5.24. The van der Waals surface area contributed by atoms with Crippen LogP contribution in [0.1, 0.15) is 20.3 Å². The first-order valence-corrected chi connectivity index (χ1v) is 5.24. The van der Waals surface area contributed by atoms with Crippen LogP contribution in [0.2, 0.25) is 0 Å². The molecule has 0 spiro atoms. The molecule has 3 nitrogen and oxygen atoms in total. The Kier molecular flexibility index (Phi) is 8.14. The van der Waals surface area contributed by atoms with Gasteiger partial charge in [-0.15, -0.1) is 0 Å². The van der Waals surface area contributed by atoms with Crippen molar-refractivity contribution in [3.8, 4) is 0 Å². The lowest BCUT2D eigenvalue weighted by Gasteiger charge is -2.21. The summed E-state index contributed by atoms with van der Waals surface area (Å²) in [5, 5.41) is 0. The van der Waals surface area contributed by atoms with Crippen molar-refractivity contribution in [3.05, 3.63) is 0 Å². The monoisotopic (exact) mass is 202 g/mol. The maximum atomic E-state index is 5.10. The van der Waals surface area contributed by atoms with Crippen LogP contribution in [0.3, 0.4) is 0 Å². The van der Waals surface area contributed by atoms with Crippen LogP contribution in [0, 0.1) is 0 Å². The molecule has 0 amide bonds. The van der Waals surface area contributed by atoms with E-state index >= 15 is 0 Å². The van der Waals surface area contributed by atoms with E-state index in [0.29, 0.717) is 0 Å². The molecule has 2 heterocycles. The van der Waals surface area contributed by atoms with Gasteiger partial charge in [-0.05, 0) is 40.0 Å². The predicted octanol–water partition coefficient (Wildman–Crippen LogP) is 1.30. The summed E-state index contributed by atoms with van der Waals surface area (Å²) in [6.07, 6.45) is 2.83. The van der Waals surface area contributed by atoms with Gasteiger partial charge in [0.25, 0.3) is 0 Å². The maximum Gasteiger partial charge on any atom is 0.0594 e. The van der Waals surface area contributed by atoms with Crippen molar-refractivity contribution in [2.24, 2.45) is 0 Å². The summed E-state index contributed by atoms with van der Waals surface area (Å²) in [4.78, 5) is 4.63. The highest BCUT2D eigenvalue weighted by molar-refractivity contribution is 4.59. The molecule has 3 heteroatoms. The molecule has 0 unspecified atom stereocenters. The Morgan fingerprint density at radius 2 is 1.21 bits per heavy atom. The molecular weight excluding hydrogens is 176 g/mol. The van der Waals surface area contributed by atoms with Crippen molar-refractivity contribution in [2.75, 3.05) is 53.5 Å². The molecule has 0 aromatic rings. The van der Waals surface area contributed by atoms with Crippen molar-refractivity contribution >= 4 is 0 Å². The largest absolute Gasteiger partial charge is 0.379 e. The fourth-order valence-electron chi connectivity index (χ4n) is 1.53. The summed E-state index contributed by atoms with van der Waals surface area (Å²) in [7, 11) is 4.29. The first kappa shape index (κ1) is 13.9. The SMILES string of the molecule is C.CN1CCCC1.CN1CCOCC1. The van der Waals surface area contributed by atoms with E-state index in [1.165, 1.54) is 25.9 Å². The molecule has 2 fully saturated rings. The van der Waals surface area contributed by atoms with E-state index in [4.69, 9.17) is 4.74 Å². The summed E-state index contributed by atoms with van der Waals surface area (Å²) in [6, 6.07) is 0. The average molecular weight is 202 g/mol.